The SMILES string of the molecule is O=C(c1cnc2c(c1)ncn2C1CC1)N1CCN2C(=O)OCC2(Cc2ccccc2)C1. The summed E-state index contributed by atoms with van der Waals surface area (Å²) in [4.78, 5) is 38.3. The minimum absolute atomic E-state index is 0.0817. The molecule has 4 heterocycles. The van der Waals surface area contributed by atoms with Crippen LogP contribution in [0.25, 0.3) is 11.2 Å². The lowest BCUT2D eigenvalue weighted by molar-refractivity contribution is 0.0375. The van der Waals surface area contributed by atoms with E-state index in [9.17, 15) is 9.59 Å². The van der Waals surface area contributed by atoms with Crippen LogP contribution in [0, 0.1) is 0 Å². The summed E-state index contributed by atoms with van der Waals surface area (Å²) >= 11 is 0. The van der Waals surface area contributed by atoms with Gasteiger partial charge in [-0.05, 0) is 24.5 Å². The number of benzene rings is 1. The van der Waals surface area contributed by atoms with E-state index < -0.39 is 5.54 Å². The van der Waals surface area contributed by atoms with Crippen LogP contribution < -0.4 is 0 Å². The number of piperazine rings is 1. The van der Waals surface area contributed by atoms with Crippen molar-refractivity contribution in [1.29, 1.82) is 0 Å². The van der Waals surface area contributed by atoms with Crippen molar-refractivity contribution in [3.05, 3.63) is 60.0 Å². The molecule has 158 valence electrons. The summed E-state index contributed by atoms with van der Waals surface area (Å²) in [5.41, 5.74) is 2.68. The van der Waals surface area contributed by atoms with Gasteiger partial charge in [-0.1, -0.05) is 30.3 Å². The molecule has 1 aromatic carbocycles. The number of ether oxygens (including phenoxy) is 1. The molecule has 1 aliphatic carbocycles. The molecular weight excluding hydrogens is 394 g/mol. The Hall–Kier alpha value is -3.42. The zero-order valence-electron chi connectivity index (χ0n) is 17.1. The van der Waals surface area contributed by atoms with Crippen LogP contribution in [0.4, 0.5) is 4.79 Å². The number of aromatic nitrogens is 3. The first-order valence-electron chi connectivity index (χ1n) is 10.7. The molecular formula is C23H23N5O3. The molecule has 3 fully saturated rings. The Balaban J connectivity index is 1.28. The molecule has 0 bridgehead atoms. The second kappa shape index (κ2) is 6.80. The monoisotopic (exact) mass is 417 g/mol. The Bertz CT molecular complexity index is 1170. The van der Waals surface area contributed by atoms with E-state index in [-0.39, 0.29) is 18.6 Å². The fraction of sp³-hybridized carbons (Fsp3) is 0.391. The highest BCUT2D eigenvalue weighted by molar-refractivity contribution is 5.96. The van der Waals surface area contributed by atoms with E-state index in [1.54, 1.807) is 11.1 Å². The summed E-state index contributed by atoms with van der Waals surface area (Å²) in [5.74, 6) is -0.0817. The minimum Gasteiger partial charge on any atom is -0.447 e. The number of amides is 2. The lowest BCUT2D eigenvalue weighted by Gasteiger charge is -2.44. The van der Waals surface area contributed by atoms with Crippen molar-refractivity contribution in [2.24, 2.45) is 0 Å². The Kier molecular flexibility index (Phi) is 4.03. The molecule has 6 rings (SSSR count). The standard InChI is InChI=1S/C23H23N5O3/c29-21(17-10-19-20(24-12-17)27(15-25-19)18-6-7-18)26-8-9-28-22(30)31-14-23(28,13-26)11-16-4-2-1-3-5-16/h1-5,10,12,15,18H,6-9,11,13-14H2. The average Bonchev–Trinajstić information content (AvgIpc) is 3.47. The number of cyclic esters (lactones) is 1. The molecule has 0 spiro atoms. The zero-order chi connectivity index (χ0) is 21.0. The van der Waals surface area contributed by atoms with Gasteiger partial charge in [-0.15, -0.1) is 0 Å². The van der Waals surface area contributed by atoms with Crippen molar-refractivity contribution >= 4 is 23.2 Å². The van der Waals surface area contributed by atoms with Gasteiger partial charge in [0, 0.05) is 38.3 Å². The van der Waals surface area contributed by atoms with E-state index in [2.05, 4.69) is 14.5 Å². The highest BCUT2D eigenvalue weighted by atomic mass is 16.6. The number of fused-ring (bicyclic) bond motifs is 2. The molecule has 3 aliphatic rings. The highest BCUT2D eigenvalue weighted by Gasteiger charge is 2.51. The predicted molar refractivity (Wildman–Crippen MR) is 113 cm³/mol. The van der Waals surface area contributed by atoms with E-state index in [1.165, 1.54) is 0 Å². The number of pyridine rings is 1. The van der Waals surface area contributed by atoms with E-state index in [1.807, 2.05) is 47.6 Å². The smallest absolute Gasteiger partial charge is 0.410 e. The molecule has 31 heavy (non-hydrogen) atoms. The highest BCUT2D eigenvalue weighted by Crippen LogP contribution is 2.37. The van der Waals surface area contributed by atoms with Crippen LogP contribution in [0.2, 0.25) is 0 Å². The maximum absolute atomic E-state index is 13.4. The Labute approximate surface area is 179 Å². The van der Waals surface area contributed by atoms with E-state index in [0.717, 1.165) is 29.6 Å². The molecule has 2 aliphatic heterocycles. The van der Waals surface area contributed by atoms with Gasteiger partial charge in [0.05, 0.1) is 11.9 Å². The average molecular weight is 417 g/mol. The molecule has 3 aromatic rings. The largest absolute Gasteiger partial charge is 0.447 e. The number of nitrogens with zero attached hydrogens (tertiary/aromatic N) is 5. The second-order valence-electron chi connectivity index (χ2n) is 8.77. The number of imidazole rings is 1. The Morgan fingerprint density at radius 2 is 2.00 bits per heavy atom. The third kappa shape index (κ3) is 3.05. The van der Waals surface area contributed by atoms with E-state index >= 15 is 0 Å². The van der Waals surface area contributed by atoms with Crippen molar-refractivity contribution in [3.63, 3.8) is 0 Å². The fourth-order valence-electron chi connectivity index (χ4n) is 4.85. The van der Waals surface area contributed by atoms with Crippen LogP contribution in [0.1, 0.15) is 34.8 Å². The van der Waals surface area contributed by atoms with Gasteiger partial charge in [0.25, 0.3) is 5.91 Å². The van der Waals surface area contributed by atoms with Gasteiger partial charge in [0.2, 0.25) is 0 Å². The topological polar surface area (TPSA) is 80.6 Å². The number of carbonyl (C=O) groups is 2. The number of rotatable bonds is 4. The van der Waals surface area contributed by atoms with Crippen LogP contribution in [0.3, 0.4) is 0 Å². The third-order valence-corrected chi connectivity index (χ3v) is 6.60. The summed E-state index contributed by atoms with van der Waals surface area (Å²) < 4.78 is 7.52. The van der Waals surface area contributed by atoms with Crippen LogP contribution in [0.15, 0.2) is 48.9 Å². The second-order valence-corrected chi connectivity index (χ2v) is 8.77. The zero-order valence-corrected chi connectivity index (χ0v) is 17.1. The van der Waals surface area contributed by atoms with Gasteiger partial charge in [-0.3, -0.25) is 9.69 Å². The Morgan fingerprint density at radius 3 is 2.81 bits per heavy atom. The lowest BCUT2D eigenvalue weighted by Crippen LogP contribution is -2.63. The minimum atomic E-state index is -0.544. The number of hydrogen-bond donors (Lipinski definition) is 0. The van der Waals surface area contributed by atoms with Crippen LogP contribution >= 0.6 is 0 Å². The van der Waals surface area contributed by atoms with Crippen LogP contribution in [0.5, 0.6) is 0 Å². The summed E-state index contributed by atoms with van der Waals surface area (Å²) in [6, 6.07) is 12.4. The molecule has 1 unspecified atom stereocenters. The van der Waals surface area contributed by atoms with Gasteiger partial charge in [0.1, 0.15) is 17.7 Å². The molecule has 0 radical (unpaired) electrons. The van der Waals surface area contributed by atoms with Gasteiger partial charge < -0.3 is 14.2 Å². The Morgan fingerprint density at radius 1 is 1.16 bits per heavy atom. The first kappa shape index (κ1) is 18.4. The fourth-order valence-corrected chi connectivity index (χ4v) is 4.85. The first-order chi connectivity index (χ1) is 15.1. The summed E-state index contributed by atoms with van der Waals surface area (Å²) in [5, 5.41) is 0. The van der Waals surface area contributed by atoms with Crippen molar-refractivity contribution < 1.29 is 14.3 Å². The van der Waals surface area contributed by atoms with Crippen LogP contribution in [-0.4, -0.2) is 68.1 Å². The normalized spacial score (nSPS) is 23.2. The third-order valence-electron chi connectivity index (χ3n) is 6.60. The van der Waals surface area contributed by atoms with Gasteiger partial charge >= 0.3 is 6.09 Å². The predicted octanol–water partition coefficient (Wildman–Crippen LogP) is 2.66. The molecule has 2 saturated heterocycles. The van der Waals surface area contributed by atoms with Gasteiger partial charge in [-0.2, -0.15) is 0 Å². The molecule has 0 N–H and O–H groups in total. The quantitative estimate of drug-likeness (QED) is 0.652. The van der Waals surface area contributed by atoms with Crippen molar-refractivity contribution in [2.45, 2.75) is 30.8 Å². The maximum atomic E-state index is 13.4. The van der Waals surface area contributed by atoms with Gasteiger partial charge in [-0.25, -0.2) is 14.8 Å². The van der Waals surface area contributed by atoms with Crippen molar-refractivity contribution in [2.75, 3.05) is 26.2 Å². The van der Waals surface area contributed by atoms with Gasteiger partial charge in [0.15, 0.2) is 5.65 Å². The molecule has 8 heteroatoms. The van der Waals surface area contributed by atoms with Crippen molar-refractivity contribution in [1.82, 2.24) is 24.3 Å². The summed E-state index contributed by atoms with van der Waals surface area (Å²) in [7, 11) is 0. The first-order valence-corrected chi connectivity index (χ1v) is 10.7. The summed E-state index contributed by atoms with van der Waals surface area (Å²) in [6.07, 6.45) is 6.13. The van der Waals surface area contributed by atoms with Crippen molar-refractivity contribution in [3.8, 4) is 0 Å². The molecule has 8 nitrogen and oxygen atoms in total. The number of carbonyl (C=O) groups excluding carboxylic acids is 2. The molecule has 2 amide bonds. The maximum Gasteiger partial charge on any atom is 0.410 e. The molecule has 1 atom stereocenters. The summed E-state index contributed by atoms with van der Waals surface area (Å²) in [6.45, 7) is 1.65. The molecule has 1 saturated carbocycles. The lowest BCUT2D eigenvalue weighted by atomic mass is 9.88. The van der Waals surface area contributed by atoms with E-state index in [4.69, 9.17) is 4.74 Å². The van der Waals surface area contributed by atoms with Crippen LogP contribution in [-0.2, 0) is 11.2 Å². The number of hydrogen-bond acceptors (Lipinski definition) is 5. The molecule has 2 aromatic heterocycles. The van der Waals surface area contributed by atoms with E-state index in [0.29, 0.717) is 37.7 Å².